The predicted molar refractivity (Wildman–Crippen MR) is 83.1 cm³/mol. The van der Waals surface area contributed by atoms with E-state index in [0.29, 0.717) is 6.04 Å². The first-order valence-electron chi connectivity index (χ1n) is 6.57. The third-order valence-corrected chi connectivity index (χ3v) is 4.15. The molecule has 1 aliphatic heterocycles. The van der Waals surface area contributed by atoms with Gasteiger partial charge in [0.2, 0.25) is 0 Å². The number of hydrogen-bond donors (Lipinski definition) is 1. The van der Waals surface area contributed by atoms with Crippen molar-refractivity contribution >= 4 is 23.3 Å². The largest absolute Gasteiger partial charge is 0.366 e. The summed E-state index contributed by atoms with van der Waals surface area (Å²) in [5.41, 5.74) is 0.681. The average molecular weight is 304 g/mol. The monoisotopic (exact) mass is 304 g/mol. The molecule has 3 rings (SSSR count). The van der Waals surface area contributed by atoms with Crippen molar-refractivity contribution in [1.29, 1.82) is 0 Å². The molecular weight excluding hydrogens is 288 g/mol. The minimum absolute atomic E-state index is 0.176. The van der Waals surface area contributed by atoms with Crippen LogP contribution in [0.1, 0.15) is 0 Å². The lowest BCUT2D eigenvalue weighted by molar-refractivity contribution is 0.491. The summed E-state index contributed by atoms with van der Waals surface area (Å²) in [6.45, 7) is 1.69. The second-order valence-electron chi connectivity index (χ2n) is 4.87. The Morgan fingerprint density at radius 1 is 1.48 bits per heavy atom. The van der Waals surface area contributed by atoms with Crippen molar-refractivity contribution in [2.75, 3.05) is 36.2 Å². The molecular formula is C13H16N6OS. The number of hydrogen-bond acceptors (Lipinski definition) is 7. The standard InChI is InChI=1S/C13H16N6OS/c1-18(11-3-4-14-13(16-11)21-2)10-7-19(8-10)9-5-12(20)17-15-6-9/h3-6,10H,7-8H2,1-2H3,(H,17,20). The Morgan fingerprint density at radius 3 is 3.00 bits per heavy atom. The molecule has 0 amide bonds. The molecule has 1 saturated heterocycles. The van der Waals surface area contributed by atoms with Crippen LogP contribution in [0.5, 0.6) is 0 Å². The van der Waals surface area contributed by atoms with Crippen molar-refractivity contribution in [3.63, 3.8) is 0 Å². The lowest BCUT2D eigenvalue weighted by Gasteiger charge is -2.45. The Kier molecular flexibility index (Phi) is 3.78. The second kappa shape index (κ2) is 5.72. The number of likely N-dealkylation sites (N-methyl/N-ethyl adjacent to an activating group) is 1. The molecule has 1 aliphatic rings. The zero-order chi connectivity index (χ0) is 14.8. The maximum absolute atomic E-state index is 11.3. The number of aromatic amines is 1. The summed E-state index contributed by atoms with van der Waals surface area (Å²) >= 11 is 1.53. The van der Waals surface area contributed by atoms with Crippen molar-refractivity contribution in [3.05, 3.63) is 34.9 Å². The van der Waals surface area contributed by atoms with Gasteiger partial charge in [0, 0.05) is 32.4 Å². The zero-order valence-corrected chi connectivity index (χ0v) is 12.7. The third-order valence-electron chi connectivity index (χ3n) is 3.59. The van der Waals surface area contributed by atoms with Crippen molar-refractivity contribution in [2.24, 2.45) is 0 Å². The summed E-state index contributed by atoms with van der Waals surface area (Å²) < 4.78 is 0. The van der Waals surface area contributed by atoms with E-state index in [2.05, 4.69) is 30.0 Å². The van der Waals surface area contributed by atoms with Crippen LogP contribution in [0.3, 0.4) is 0 Å². The summed E-state index contributed by atoms with van der Waals surface area (Å²) in [5, 5.41) is 6.98. The molecule has 0 bridgehead atoms. The molecule has 1 N–H and O–H groups in total. The van der Waals surface area contributed by atoms with Crippen LogP contribution >= 0.6 is 11.8 Å². The maximum Gasteiger partial charge on any atom is 0.266 e. The van der Waals surface area contributed by atoms with Gasteiger partial charge in [0.05, 0.1) is 17.9 Å². The Labute approximate surface area is 126 Å². The van der Waals surface area contributed by atoms with Gasteiger partial charge < -0.3 is 9.80 Å². The third kappa shape index (κ3) is 2.85. The second-order valence-corrected chi connectivity index (χ2v) is 5.65. The molecule has 3 heterocycles. The molecule has 2 aromatic rings. The molecule has 0 atom stereocenters. The number of nitrogens with one attached hydrogen (secondary N) is 1. The van der Waals surface area contributed by atoms with Gasteiger partial charge in [0.15, 0.2) is 5.16 Å². The van der Waals surface area contributed by atoms with Gasteiger partial charge in [-0.05, 0) is 12.3 Å². The smallest absolute Gasteiger partial charge is 0.266 e. The first kappa shape index (κ1) is 13.9. The highest BCUT2D eigenvalue weighted by atomic mass is 32.2. The molecule has 0 aliphatic carbocycles. The number of rotatable bonds is 4. The highest BCUT2D eigenvalue weighted by molar-refractivity contribution is 7.98. The lowest BCUT2D eigenvalue weighted by Crippen LogP contribution is -2.59. The number of H-pyrrole nitrogens is 1. The Bertz CT molecular complexity index is 684. The molecule has 2 aromatic heterocycles. The van der Waals surface area contributed by atoms with Gasteiger partial charge in [-0.1, -0.05) is 11.8 Å². The SMILES string of the molecule is CSc1nccc(N(C)C2CN(c3cn[nH]c(=O)c3)C2)n1. The Morgan fingerprint density at radius 2 is 2.29 bits per heavy atom. The molecule has 0 aromatic carbocycles. The normalized spacial score (nSPS) is 14.9. The fourth-order valence-corrected chi connectivity index (χ4v) is 2.61. The number of thioether (sulfide) groups is 1. The van der Waals surface area contributed by atoms with Crippen LogP contribution in [0.2, 0.25) is 0 Å². The minimum atomic E-state index is -0.176. The van der Waals surface area contributed by atoms with E-state index in [9.17, 15) is 4.79 Å². The molecule has 21 heavy (non-hydrogen) atoms. The van der Waals surface area contributed by atoms with Gasteiger partial charge in [-0.2, -0.15) is 5.10 Å². The van der Waals surface area contributed by atoms with Crippen molar-refractivity contribution < 1.29 is 0 Å². The van der Waals surface area contributed by atoms with Crippen LogP contribution in [0, 0.1) is 0 Å². The highest BCUT2D eigenvalue weighted by Crippen LogP contribution is 2.24. The average Bonchev–Trinajstić information content (AvgIpc) is 2.46. The fourth-order valence-electron chi connectivity index (χ4n) is 2.26. The van der Waals surface area contributed by atoms with Gasteiger partial charge in [-0.15, -0.1) is 0 Å². The molecule has 1 fully saturated rings. The van der Waals surface area contributed by atoms with E-state index in [0.717, 1.165) is 29.8 Å². The summed E-state index contributed by atoms with van der Waals surface area (Å²) in [5.74, 6) is 0.919. The fraction of sp³-hybridized carbons (Fsp3) is 0.385. The summed E-state index contributed by atoms with van der Waals surface area (Å²) in [4.78, 5) is 24.2. The van der Waals surface area contributed by atoms with Crippen LogP contribution < -0.4 is 15.4 Å². The molecule has 110 valence electrons. The van der Waals surface area contributed by atoms with E-state index in [-0.39, 0.29) is 5.56 Å². The van der Waals surface area contributed by atoms with Crippen molar-refractivity contribution in [3.8, 4) is 0 Å². The van der Waals surface area contributed by atoms with Gasteiger partial charge >= 0.3 is 0 Å². The van der Waals surface area contributed by atoms with Crippen LogP contribution in [-0.2, 0) is 0 Å². The molecule has 0 saturated carbocycles. The molecule has 0 radical (unpaired) electrons. The van der Waals surface area contributed by atoms with E-state index >= 15 is 0 Å². The van der Waals surface area contributed by atoms with E-state index in [4.69, 9.17) is 0 Å². The van der Waals surface area contributed by atoms with Crippen LogP contribution in [-0.4, -0.2) is 52.6 Å². The van der Waals surface area contributed by atoms with Crippen LogP contribution in [0.15, 0.2) is 34.5 Å². The molecule has 0 spiro atoms. The maximum atomic E-state index is 11.3. The van der Waals surface area contributed by atoms with Gasteiger partial charge in [0.1, 0.15) is 5.82 Å². The first-order valence-corrected chi connectivity index (χ1v) is 7.79. The number of nitrogens with zero attached hydrogens (tertiary/aromatic N) is 5. The molecule has 0 unspecified atom stereocenters. The zero-order valence-electron chi connectivity index (χ0n) is 11.9. The van der Waals surface area contributed by atoms with E-state index in [1.165, 1.54) is 11.8 Å². The topological polar surface area (TPSA) is 78.0 Å². The van der Waals surface area contributed by atoms with Crippen molar-refractivity contribution in [2.45, 2.75) is 11.2 Å². The minimum Gasteiger partial charge on any atom is -0.366 e. The molecule has 8 heteroatoms. The van der Waals surface area contributed by atoms with E-state index < -0.39 is 0 Å². The molecule has 7 nitrogen and oxygen atoms in total. The number of anilines is 2. The summed E-state index contributed by atoms with van der Waals surface area (Å²) in [7, 11) is 2.03. The lowest BCUT2D eigenvalue weighted by atomic mass is 10.1. The van der Waals surface area contributed by atoms with Crippen molar-refractivity contribution in [1.82, 2.24) is 20.2 Å². The van der Waals surface area contributed by atoms with E-state index in [1.54, 1.807) is 18.5 Å². The summed E-state index contributed by atoms with van der Waals surface area (Å²) in [6, 6.07) is 3.85. The first-order chi connectivity index (χ1) is 10.2. The van der Waals surface area contributed by atoms with Crippen LogP contribution in [0.4, 0.5) is 11.5 Å². The van der Waals surface area contributed by atoms with E-state index in [1.807, 2.05) is 19.4 Å². The predicted octanol–water partition coefficient (Wildman–Crippen LogP) is 0.607. The quantitative estimate of drug-likeness (QED) is 0.655. The highest BCUT2D eigenvalue weighted by Gasteiger charge is 2.31. The summed E-state index contributed by atoms with van der Waals surface area (Å²) in [6.07, 6.45) is 5.42. The van der Waals surface area contributed by atoms with Gasteiger partial charge in [-0.3, -0.25) is 4.79 Å². The van der Waals surface area contributed by atoms with Gasteiger partial charge in [-0.25, -0.2) is 15.1 Å². The Hall–Kier alpha value is -2.09. The number of aromatic nitrogens is 4. The van der Waals surface area contributed by atoms with Gasteiger partial charge in [0.25, 0.3) is 5.56 Å². The Balaban J connectivity index is 1.66. The van der Waals surface area contributed by atoms with Crippen LogP contribution in [0.25, 0.3) is 0 Å².